The molecule has 3 N–H and O–H groups in total. The van der Waals surface area contributed by atoms with Crippen molar-refractivity contribution in [1.82, 2.24) is 15.5 Å². The first-order valence-electron chi connectivity index (χ1n) is 7.05. The Morgan fingerprint density at radius 1 is 1.57 bits per heavy atom. The highest BCUT2D eigenvalue weighted by Gasteiger charge is 2.23. The number of nitrogens with zero attached hydrogens (tertiary/aromatic N) is 1. The van der Waals surface area contributed by atoms with Gasteiger partial charge in [0.1, 0.15) is 0 Å². The number of piperidine rings is 1. The lowest BCUT2D eigenvalue weighted by Crippen LogP contribution is -2.44. The van der Waals surface area contributed by atoms with E-state index in [2.05, 4.69) is 22.6 Å². The van der Waals surface area contributed by atoms with E-state index in [4.69, 9.17) is 0 Å². The molecular weight excluding hydrogens is 290 g/mol. The van der Waals surface area contributed by atoms with E-state index >= 15 is 0 Å². The van der Waals surface area contributed by atoms with Crippen LogP contribution >= 0.6 is 11.3 Å². The van der Waals surface area contributed by atoms with Gasteiger partial charge in [-0.05, 0) is 43.8 Å². The predicted octanol–water partition coefficient (Wildman–Crippen LogP) is 1.51. The Morgan fingerprint density at radius 2 is 2.38 bits per heavy atom. The maximum atomic E-state index is 11.9. The topological polar surface area (TPSA) is 81.7 Å². The Balaban J connectivity index is 1.81. The number of nitrogens with one attached hydrogen (secondary N) is 2. The van der Waals surface area contributed by atoms with E-state index in [0.717, 1.165) is 25.9 Å². The summed E-state index contributed by atoms with van der Waals surface area (Å²) in [4.78, 5) is 26.0. The zero-order valence-electron chi connectivity index (χ0n) is 12.0. The van der Waals surface area contributed by atoms with Crippen molar-refractivity contribution in [3.05, 3.63) is 22.4 Å². The van der Waals surface area contributed by atoms with E-state index in [1.165, 1.54) is 11.3 Å². The lowest BCUT2D eigenvalue weighted by molar-refractivity contribution is -0.139. The van der Waals surface area contributed by atoms with Crippen LogP contribution in [0.5, 0.6) is 0 Å². The average Bonchev–Trinajstić information content (AvgIpc) is 2.96. The molecule has 2 heterocycles. The first-order valence-corrected chi connectivity index (χ1v) is 7.93. The molecule has 2 unspecified atom stereocenters. The second kappa shape index (κ2) is 7.42. The molecule has 0 saturated carbocycles. The molecule has 2 rings (SSSR count). The summed E-state index contributed by atoms with van der Waals surface area (Å²) in [5, 5.41) is 16.3. The summed E-state index contributed by atoms with van der Waals surface area (Å²) < 4.78 is 0. The van der Waals surface area contributed by atoms with Crippen LogP contribution < -0.4 is 10.6 Å². The van der Waals surface area contributed by atoms with Gasteiger partial charge in [-0.2, -0.15) is 0 Å². The van der Waals surface area contributed by atoms with Gasteiger partial charge in [0, 0.05) is 18.0 Å². The number of aliphatic carboxylic acids is 1. The maximum absolute atomic E-state index is 11.9. The number of carboxylic acids is 1. The molecule has 1 aromatic heterocycles. The van der Waals surface area contributed by atoms with Crippen molar-refractivity contribution >= 4 is 23.3 Å². The molecule has 2 atom stereocenters. The molecule has 0 aliphatic carbocycles. The van der Waals surface area contributed by atoms with E-state index in [9.17, 15) is 14.7 Å². The summed E-state index contributed by atoms with van der Waals surface area (Å²) in [5.74, 6) is -0.621. The van der Waals surface area contributed by atoms with Crippen LogP contribution in [0.15, 0.2) is 17.5 Å². The Labute approximate surface area is 128 Å². The molecule has 1 aliphatic heterocycles. The molecule has 0 radical (unpaired) electrons. The molecule has 0 bridgehead atoms. The van der Waals surface area contributed by atoms with E-state index in [0.29, 0.717) is 17.3 Å². The smallest absolute Gasteiger partial charge is 0.331 e. The van der Waals surface area contributed by atoms with E-state index in [1.807, 2.05) is 0 Å². The number of carbonyl (C=O) groups is 2. The van der Waals surface area contributed by atoms with Crippen LogP contribution in [0.25, 0.3) is 0 Å². The van der Waals surface area contributed by atoms with Crippen molar-refractivity contribution in [2.45, 2.75) is 18.9 Å². The highest BCUT2D eigenvalue weighted by molar-refractivity contribution is 7.10. The van der Waals surface area contributed by atoms with Crippen molar-refractivity contribution in [2.24, 2.45) is 5.92 Å². The van der Waals surface area contributed by atoms with Crippen LogP contribution in [-0.4, -0.2) is 48.7 Å². The minimum absolute atomic E-state index is 0.427. The number of rotatable bonds is 5. The number of urea groups is 1. The minimum Gasteiger partial charge on any atom is -0.479 e. The third kappa shape index (κ3) is 4.71. The van der Waals surface area contributed by atoms with Crippen LogP contribution in [0, 0.1) is 5.92 Å². The number of thiophene rings is 1. The molecule has 7 heteroatoms. The van der Waals surface area contributed by atoms with Crippen molar-refractivity contribution in [2.75, 3.05) is 26.7 Å². The number of hydrogen-bond donors (Lipinski definition) is 3. The summed E-state index contributed by atoms with van der Waals surface area (Å²) in [6.07, 6.45) is 2.23. The number of hydrogen-bond acceptors (Lipinski definition) is 4. The van der Waals surface area contributed by atoms with Gasteiger partial charge in [-0.3, -0.25) is 0 Å². The lowest BCUT2D eigenvalue weighted by atomic mass is 9.99. The van der Waals surface area contributed by atoms with Gasteiger partial charge >= 0.3 is 12.0 Å². The maximum Gasteiger partial charge on any atom is 0.331 e. The summed E-state index contributed by atoms with van der Waals surface area (Å²) in [7, 11) is 2.07. The number of amides is 2. The summed E-state index contributed by atoms with van der Waals surface area (Å²) in [6.45, 7) is 2.64. The molecule has 2 amide bonds. The average molecular weight is 311 g/mol. The first-order chi connectivity index (χ1) is 10.1. The normalized spacial score (nSPS) is 20.7. The standard InChI is InChI=1S/C14H21N3O3S/c1-17-6-2-4-10(9-17)8-15-14(20)16-12(13(18)19)11-5-3-7-21-11/h3,5,7,10,12H,2,4,6,8-9H2,1H3,(H,18,19)(H2,15,16,20). The summed E-state index contributed by atoms with van der Waals surface area (Å²) >= 11 is 1.32. The molecular formula is C14H21N3O3S. The third-order valence-electron chi connectivity index (χ3n) is 3.62. The zero-order valence-corrected chi connectivity index (χ0v) is 12.9. The van der Waals surface area contributed by atoms with Crippen molar-refractivity contribution < 1.29 is 14.7 Å². The fourth-order valence-corrected chi connectivity index (χ4v) is 3.34. The molecule has 116 valence electrons. The fourth-order valence-electron chi connectivity index (χ4n) is 2.57. The van der Waals surface area contributed by atoms with Gasteiger partial charge < -0.3 is 20.6 Å². The van der Waals surface area contributed by atoms with Gasteiger partial charge in [-0.15, -0.1) is 11.3 Å². The molecule has 1 aliphatic rings. The van der Waals surface area contributed by atoms with Gasteiger partial charge in [0.2, 0.25) is 0 Å². The van der Waals surface area contributed by atoms with Crippen LogP contribution in [0.3, 0.4) is 0 Å². The molecule has 21 heavy (non-hydrogen) atoms. The van der Waals surface area contributed by atoms with Crippen molar-refractivity contribution in [1.29, 1.82) is 0 Å². The number of carbonyl (C=O) groups excluding carboxylic acids is 1. The van der Waals surface area contributed by atoms with Gasteiger partial charge in [-0.25, -0.2) is 9.59 Å². The Hall–Kier alpha value is -1.60. The number of likely N-dealkylation sites (tertiary alicyclic amines) is 1. The van der Waals surface area contributed by atoms with Crippen LogP contribution in [0.1, 0.15) is 23.8 Å². The van der Waals surface area contributed by atoms with Gasteiger partial charge in [-0.1, -0.05) is 6.07 Å². The Bertz CT molecular complexity index is 478. The fraction of sp³-hybridized carbons (Fsp3) is 0.571. The monoisotopic (exact) mass is 311 g/mol. The summed E-state index contributed by atoms with van der Waals surface area (Å²) in [5.41, 5.74) is 0. The van der Waals surface area contributed by atoms with Crippen molar-refractivity contribution in [3.63, 3.8) is 0 Å². The van der Waals surface area contributed by atoms with Crippen LogP contribution in [0.2, 0.25) is 0 Å². The first kappa shape index (κ1) is 15.8. The minimum atomic E-state index is -1.05. The second-order valence-corrected chi connectivity index (χ2v) is 6.39. The largest absolute Gasteiger partial charge is 0.479 e. The van der Waals surface area contributed by atoms with Gasteiger partial charge in [0.25, 0.3) is 0 Å². The zero-order chi connectivity index (χ0) is 15.2. The van der Waals surface area contributed by atoms with Crippen LogP contribution in [-0.2, 0) is 4.79 Å². The SMILES string of the molecule is CN1CCCC(CNC(=O)NC(C(=O)O)c2cccs2)C1. The Kier molecular flexibility index (Phi) is 5.58. The molecule has 6 nitrogen and oxygen atoms in total. The van der Waals surface area contributed by atoms with Gasteiger partial charge in [0.05, 0.1) is 0 Å². The molecule has 1 fully saturated rings. The second-order valence-electron chi connectivity index (χ2n) is 5.41. The Morgan fingerprint density at radius 3 is 3.00 bits per heavy atom. The highest BCUT2D eigenvalue weighted by atomic mass is 32.1. The third-order valence-corrected chi connectivity index (χ3v) is 4.56. The predicted molar refractivity (Wildman–Crippen MR) is 81.5 cm³/mol. The highest BCUT2D eigenvalue weighted by Crippen LogP contribution is 2.19. The molecule has 0 spiro atoms. The molecule has 1 aromatic rings. The number of carboxylic acid groups (broad SMARTS) is 1. The van der Waals surface area contributed by atoms with E-state index in [1.54, 1.807) is 17.5 Å². The van der Waals surface area contributed by atoms with E-state index < -0.39 is 18.0 Å². The molecule has 0 aromatic carbocycles. The quantitative estimate of drug-likeness (QED) is 0.770. The lowest BCUT2D eigenvalue weighted by Gasteiger charge is -2.29. The van der Waals surface area contributed by atoms with Crippen LogP contribution in [0.4, 0.5) is 4.79 Å². The summed E-state index contributed by atoms with van der Waals surface area (Å²) in [6, 6.07) is 2.07. The van der Waals surface area contributed by atoms with Crippen molar-refractivity contribution in [3.8, 4) is 0 Å². The van der Waals surface area contributed by atoms with Gasteiger partial charge in [0.15, 0.2) is 6.04 Å². The van der Waals surface area contributed by atoms with E-state index in [-0.39, 0.29) is 0 Å². The molecule has 1 saturated heterocycles.